The molecule has 0 radical (unpaired) electrons. The molecule has 0 saturated carbocycles. The molecular formula is C11H14BrN. The van der Waals surface area contributed by atoms with Gasteiger partial charge in [-0.1, -0.05) is 28.4 Å². The molecule has 70 valence electrons. The summed E-state index contributed by atoms with van der Waals surface area (Å²) in [6.45, 7) is 0. The third-order valence-corrected chi connectivity index (χ3v) is 3.21. The summed E-state index contributed by atoms with van der Waals surface area (Å²) in [5.41, 5.74) is 8.86. The third-order valence-electron chi connectivity index (χ3n) is 2.72. The van der Waals surface area contributed by atoms with Crippen molar-refractivity contribution in [3.05, 3.63) is 33.8 Å². The predicted octanol–water partition coefficient (Wildman–Crippen LogP) is 3.18. The van der Waals surface area contributed by atoms with E-state index in [0.29, 0.717) is 0 Å². The van der Waals surface area contributed by atoms with Gasteiger partial charge < -0.3 is 5.73 Å². The summed E-state index contributed by atoms with van der Waals surface area (Å²) in [7, 11) is 0. The first-order chi connectivity index (χ1) is 6.27. The van der Waals surface area contributed by atoms with Gasteiger partial charge >= 0.3 is 0 Å². The van der Waals surface area contributed by atoms with Gasteiger partial charge in [0.15, 0.2) is 0 Å². The average molecular weight is 240 g/mol. The Morgan fingerprint density at radius 2 is 2.15 bits per heavy atom. The Balaban J connectivity index is 2.42. The monoisotopic (exact) mass is 239 g/mol. The van der Waals surface area contributed by atoms with Crippen molar-refractivity contribution in [1.82, 2.24) is 0 Å². The third kappa shape index (κ3) is 1.94. The first-order valence-electron chi connectivity index (χ1n) is 4.81. The molecule has 2 N–H and O–H groups in total. The van der Waals surface area contributed by atoms with Gasteiger partial charge in [-0.15, -0.1) is 0 Å². The van der Waals surface area contributed by atoms with Crippen LogP contribution in [0.15, 0.2) is 22.7 Å². The van der Waals surface area contributed by atoms with Crippen molar-refractivity contribution < 1.29 is 0 Å². The molecule has 1 aromatic rings. The van der Waals surface area contributed by atoms with Crippen molar-refractivity contribution >= 4 is 15.9 Å². The molecule has 1 aromatic carbocycles. The minimum atomic E-state index is 0.255. The Labute approximate surface area is 87.5 Å². The standard InChI is InChI=1S/C11H14BrN/c12-9-5-6-10-8(7-9)3-1-2-4-11(10)13/h5-7,11H,1-4,13H2/t11-/m1/s1. The van der Waals surface area contributed by atoms with E-state index in [-0.39, 0.29) is 6.04 Å². The van der Waals surface area contributed by atoms with Gasteiger partial charge in [0.2, 0.25) is 0 Å². The van der Waals surface area contributed by atoms with Crippen LogP contribution in [-0.4, -0.2) is 0 Å². The Morgan fingerprint density at radius 3 is 3.00 bits per heavy atom. The van der Waals surface area contributed by atoms with Crippen molar-refractivity contribution in [2.24, 2.45) is 5.73 Å². The first kappa shape index (κ1) is 9.22. The highest BCUT2D eigenvalue weighted by Gasteiger charge is 2.14. The van der Waals surface area contributed by atoms with Gasteiger partial charge in [-0.25, -0.2) is 0 Å². The molecule has 0 spiro atoms. The van der Waals surface area contributed by atoms with Crippen LogP contribution in [0, 0.1) is 0 Å². The molecule has 0 heterocycles. The van der Waals surface area contributed by atoms with E-state index in [1.807, 2.05) is 0 Å². The zero-order chi connectivity index (χ0) is 9.26. The number of halogens is 1. The van der Waals surface area contributed by atoms with Crippen LogP contribution in [-0.2, 0) is 6.42 Å². The number of aryl methyl sites for hydroxylation is 1. The molecule has 1 aliphatic rings. The minimum absolute atomic E-state index is 0.255. The summed E-state index contributed by atoms with van der Waals surface area (Å²) in [6, 6.07) is 6.71. The number of benzene rings is 1. The fourth-order valence-electron chi connectivity index (χ4n) is 1.99. The largest absolute Gasteiger partial charge is 0.324 e. The zero-order valence-electron chi connectivity index (χ0n) is 7.59. The summed E-state index contributed by atoms with van der Waals surface area (Å²) in [5, 5.41) is 0. The lowest BCUT2D eigenvalue weighted by atomic mass is 10.0. The Bertz CT molecular complexity index is 309. The summed E-state index contributed by atoms with van der Waals surface area (Å²) >= 11 is 3.50. The van der Waals surface area contributed by atoms with Gasteiger partial charge in [-0.3, -0.25) is 0 Å². The van der Waals surface area contributed by atoms with Crippen LogP contribution in [0.2, 0.25) is 0 Å². The van der Waals surface area contributed by atoms with E-state index in [1.54, 1.807) is 0 Å². The Hall–Kier alpha value is -0.340. The molecular weight excluding hydrogens is 226 g/mol. The number of fused-ring (bicyclic) bond motifs is 1. The molecule has 0 unspecified atom stereocenters. The summed E-state index contributed by atoms with van der Waals surface area (Å²) in [4.78, 5) is 0. The van der Waals surface area contributed by atoms with Crippen LogP contribution in [0.25, 0.3) is 0 Å². The van der Waals surface area contributed by atoms with E-state index >= 15 is 0 Å². The minimum Gasteiger partial charge on any atom is -0.324 e. The molecule has 1 nitrogen and oxygen atoms in total. The van der Waals surface area contributed by atoms with Crippen LogP contribution in [0.1, 0.15) is 36.4 Å². The van der Waals surface area contributed by atoms with Crippen LogP contribution in [0.3, 0.4) is 0 Å². The van der Waals surface area contributed by atoms with E-state index in [1.165, 1.54) is 34.9 Å². The van der Waals surface area contributed by atoms with Gasteiger partial charge in [0, 0.05) is 10.5 Å². The van der Waals surface area contributed by atoms with E-state index in [4.69, 9.17) is 5.73 Å². The maximum Gasteiger partial charge on any atom is 0.0297 e. The van der Waals surface area contributed by atoms with Crippen molar-refractivity contribution in [2.45, 2.75) is 31.7 Å². The van der Waals surface area contributed by atoms with E-state index < -0.39 is 0 Å². The fraction of sp³-hybridized carbons (Fsp3) is 0.455. The molecule has 0 bridgehead atoms. The van der Waals surface area contributed by atoms with E-state index in [0.717, 1.165) is 6.42 Å². The SMILES string of the molecule is N[C@@H]1CCCCc2cc(Br)ccc21. The van der Waals surface area contributed by atoms with Crippen molar-refractivity contribution in [2.75, 3.05) is 0 Å². The number of hydrogen-bond acceptors (Lipinski definition) is 1. The van der Waals surface area contributed by atoms with Crippen molar-refractivity contribution in [3.63, 3.8) is 0 Å². The van der Waals surface area contributed by atoms with Crippen LogP contribution in [0.5, 0.6) is 0 Å². The number of hydrogen-bond donors (Lipinski definition) is 1. The molecule has 13 heavy (non-hydrogen) atoms. The molecule has 0 amide bonds. The second-order valence-corrected chi connectivity index (χ2v) is 4.61. The summed E-state index contributed by atoms with van der Waals surface area (Å²) < 4.78 is 1.17. The summed E-state index contributed by atoms with van der Waals surface area (Å²) in [5.74, 6) is 0. The molecule has 0 aliphatic heterocycles. The number of nitrogens with two attached hydrogens (primary N) is 1. The van der Waals surface area contributed by atoms with Crippen molar-refractivity contribution in [3.8, 4) is 0 Å². The molecule has 0 saturated heterocycles. The highest BCUT2D eigenvalue weighted by atomic mass is 79.9. The lowest BCUT2D eigenvalue weighted by Crippen LogP contribution is -2.10. The average Bonchev–Trinajstić information content (AvgIpc) is 2.28. The number of rotatable bonds is 0. The van der Waals surface area contributed by atoms with Gasteiger partial charge in [-0.05, 0) is 42.5 Å². The fourth-order valence-corrected chi connectivity index (χ4v) is 2.40. The van der Waals surface area contributed by atoms with E-state index in [2.05, 4.69) is 34.1 Å². The van der Waals surface area contributed by atoms with Gasteiger partial charge in [0.25, 0.3) is 0 Å². The van der Waals surface area contributed by atoms with Crippen molar-refractivity contribution in [1.29, 1.82) is 0 Å². The van der Waals surface area contributed by atoms with Crippen LogP contribution in [0.4, 0.5) is 0 Å². The quantitative estimate of drug-likeness (QED) is 0.692. The smallest absolute Gasteiger partial charge is 0.0297 e. The maximum absolute atomic E-state index is 6.08. The predicted molar refractivity (Wildman–Crippen MR) is 58.6 cm³/mol. The molecule has 0 aromatic heterocycles. The Kier molecular flexibility index (Phi) is 2.70. The van der Waals surface area contributed by atoms with E-state index in [9.17, 15) is 0 Å². The highest BCUT2D eigenvalue weighted by molar-refractivity contribution is 9.10. The van der Waals surface area contributed by atoms with Crippen LogP contribution < -0.4 is 5.73 Å². The normalized spacial score (nSPS) is 22.2. The first-order valence-corrected chi connectivity index (χ1v) is 5.60. The van der Waals surface area contributed by atoms with Gasteiger partial charge in [-0.2, -0.15) is 0 Å². The maximum atomic E-state index is 6.08. The summed E-state index contributed by atoms with van der Waals surface area (Å²) in [6.07, 6.45) is 4.85. The van der Waals surface area contributed by atoms with Gasteiger partial charge in [0.05, 0.1) is 0 Å². The molecule has 2 rings (SSSR count). The molecule has 2 heteroatoms. The topological polar surface area (TPSA) is 26.0 Å². The molecule has 0 fully saturated rings. The second kappa shape index (κ2) is 3.81. The lowest BCUT2D eigenvalue weighted by molar-refractivity contribution is 0.615. The Morgan fingerprint density at radius 1 is 1.31 bits per heavy atom. The highest BCUT2D eigenvalue weighted by Crippen LogP contribution is 2.28. The van der Waals surface area contributed by atoms with Crippen LogP contribution >= 0.6 is 15.9 Å². The molecule has 1 atom stereocenters. The van der Waals surface area contributed by atoms with Gasteiger partial charge in [0.1, 0.15) is 0 Å². The lowest BCUT2D eigenvalue weighted by Gasteiger charge is -2.12. The molecule has 1 aliphatic carbocycles. The second-order valence-electron chi connectivity index (χ2n) is 3.70. The zero-order valence-corrected chi connectivity index (χ0v) is 9.18.